The largest absolute Gasteiger partial charge is 0.337 e. The number of carbonyl (C=O) groups excluding carboxylic acids is 1. The number of aromatic nitrogens is 1. The Morgan fingerprint density at radius 1 is 1.09 bits per heavy atom. The number of nitrogens with zero attached hydrogens (tertiary/aromatic N) is 2. The predicted octanol–water partition coefficient (Wildman–Crippen LogP) is 4.95. The van der Waals surface area contributed by atoms with Gasteiger partial charge >= 0.3 is 0 Å². The van der Waals surface area contributed by atoms with Crippen molar-refractivity contribution in [2.24, 2.45) is 0 Å². The van der Waals surface area contributed by atoms with Crippen LogP contribution in [0.5, 0.6) is 0 Å². The Morgan fingerprint density at radius 2 is 1.74 bits per heavy atom. The van der Waals surface area contributed by atoms with Crippen LogP contribution in [0.15, 0.2) is 29.6 Å². The molecule has 1 amide bonds. The Morgan fingerprint density at radius 3 is 2.35 bits per heavy atom. The summed E-state index contributed by atoms with van der Waals surface area (Å²) in [7, 11) is 0. The molecule has 1 aliphatic heterocycles. The summed E-state index contributed by atoms with van der Waals surface area (Å²) in [5, 5.41) is 2.83. The number of carbonyl (C=O) groups is 1. The Labute approximate surface area is 142 Å². The molecule has 1 saturated heterocycles. The molecule has 1 aromatic carbocycles. The first kappa shape index (κ1) is 16.2. The second-order valence-electron chi connectivity index (χ2n) is 6.52. The standard InChI is InChI=1S/C19H24N2OS/c1-14(2)15-7-9-16(10-8-15)18-20-17(13-23-18)19(22)21-11-5-3-4-6-12-21/h7-10,13-14H,3-6,11-12H2,1-2H3. The van der Waals surface area contributed by atoms with Crippen molar-refractivity contribution in [2.75, 3.05) is 13.1 Å². The van der Waals surface area contributed by atoms with Gasteiger partial charge in [-0.2, -0.15) is 0 Å². The van der Waals surface area contributed by atoms with Gasteiger partial charge in [-0.25, -0.2) is 4.98 Å². The molecule has 0 aliphatic carbocycles. The lowest BCUT2D eigenvalue weighted by atomic mass is 10.0. The van der Waals surface area contributed by atoms with Crippen molar-refractivity contribution in [3.63, 3.8) is 0 Å². The average Bonchev–Trinajstić information content (AvgIpc) is 2.90. The molecular weight excluding hydrogens is 304 g/mol. The highest BCUT2D eigenvalue weighted by molar-refractivity contribution is 7.13. The summed E-state index contributed by atoms with van der Waals surface area (Å²) in [6.45, 7) is 6.12. The second-order valence-corrected chi connectivity index (χ2v) is 7.38. The summed E-state index contributed by atoms with van der Waals surface area (Å²) in [4.78, 5) is 19.2. The van der Waals surface area contributed by atoms with E-state index >= 15 is 0 Å². The van der Waals surface area contributed by atoms with Gasteiger partial charge in [-0.3, -0.25) is 4.79 Å². The second kappa shape index (κ2) is 7.26. The number of hydrogen-bond donors (Lipinski definition) is 0. The van der Waals surface area contributed by atoms with Crippen molar-refractivity contribution in [2.45, 2.75) is 45.4 Å². The van der Waals surface area contributed by atoms with E-state index in [-0.39, 0.29) is 5.91 Å². The first-order valence-corrected chi connectivity index (χ1v) is 9.38. The van der Waals surface area contributed by atoms with Crippen LogP contribution in [0.2, 0.25) is 0 Å². The lowest BCUT2D eigenvalue weighted by Crippen LogP contribution is -2.32. The van der Waals surface area contributed by atoms with Crippen LogP contribution in [0.1, 0.15) is 61.5 Å². The number of benzene rings is 1. The molecule has 2 heterocycles. The van der Waals surface area contributed by atoms with Gasteiger partial charge < -0.3 is 4.90 Å². The van der Waals surface area contributed by atoms with Gasteiger partial charge in [-0.15, -0.1) is 11.3 Å². The highest BCUT2D eigenvalue weighted by Crippen LogP contribution is 2.26. The molecule has 3 rings (SSSR count). The van der Waals surface area contributed by atoms with Gasteiger partial charge in [0, 0.05) is 24.0 Å². The van der Waals surface area contributed by atoms with Crippen LogP contribution in [0.25, 0.3) is 10.6 Å². The summed E-state index contributed by atoms with van der Waals surface area (Å²) in [5.74, 6) is 0.619. The van der Waals surface area contributed by atoms with Crippen LogP contribution in [0.3, 0.4) is 0 Å². The van der Waals surface area contributed by atoms with Crippen LogP contribution in [-0.4, -0.2) is 28.9 Å². The first-order chi connectivity index (χ1) is 11.1. The summed E-state index contributed by atoms with van der Waals surface area (Å²) in [6, 6.07) is 8.51. The summed E-state index contributed by atoms with van der Waals surface area (Å²) in [6.07, 6.45) is 4.68. The molecule has 1 fully saturated rings. The Hall–Kier alpha value is -1.68. The fourth-order valence-corrected chi connectivity index (χ4v) is 3.75. The molecule has 0 saturated carbocycles. The monoisotopic (exact) mass is 328 g/mol. The van der Waals surface area contributed by atoms with Gasteiger partial charge in [0.25, 0.3) is 5.91 Å². The van der Waals surface area contributed by atoms with Crippen molar-refractivity contribution in [3.8, 4) is 10.6 Å². The van der Waals surface area contributed by atoms with E-state index in [2.05, 4.69) is 43.1 Å². The third-order valence-corrected chi connectivity index (χ3v) is 5.33. The van der Waals surface area contributed by atoms with Gasteiger partial charge in [0.05, 0.1) is 0 Å². The molecule has 0 N–H and O–H groups in total. The number of amides is 1. The highest BCUT2D eigenvalue weighted by atomic mass is 32.1. The molecule has 1 aliphatic rings. The third-order valence-electron chi connectivity index (χ3n) is 4.44. The van der Waals surface area contributed by atoms with Crippen LogP contribution in [0.4, 0.5) is 0 Å². The van der Waals surface area contributed by atoms with Crippen molar-refractivity contribution < 1.29 is 4.79 Å². The Kier molecular flexibility index (Phi) is 5.11. The van der Waals surface area contributed by atoms with Crippen LogP contribution >= 0.6 is 11.3 Å². The van der Waals surface area contributed by atoms with Gasteiger partial charge in [0.1, 0.15) is 10.7 Å². The minimum Gasteiger partial charge on any atom is -0.337 e. The smallest absolute Gasteiger partial charge is 0.273 e. The Balaban J connectivity index is 1.75. The van der Waals surface area contributed by atoms with E-state index in [0.717, 1.165) is 36.5 Å². The molecule has 0 unspecified atom stereocenters. The summed E-state index contributed by atoms with van der Waals surface area (Å²) < 4.78 is 0. The molecule has 3 nitrogen and oxygen atoms in total. The quantitative estimate of drug-likeness (QED) is 0.798. The zero-order chi connectivity index (χ0) is 16.2. The Bertz CT molecular complexity index is 652. The molecule has 0 spiro atoms. The van der Waals surface area contributed by atoms with E-state index in [1.807, 2.05) is 10.3 Å². The van der Waals surface area contributed by atoms with Crippen molar-refractivity contribution in [1.29, 1.82) is 0 Å². The highest BCUT2D eigenvalue weighted by Gasteiger charge is 2.20. The van der Waals surface area contributed by atoms with Gasteiger partial charge in [-0.05, 0) is 24.3 Å². The fourth-order valence-electron chi connectivity index (χ4n) is 2.95. The topological polar surface area (TPSA) is 33.2 Å². The molecule has 23 heavy (non-hydrogen) atoms. The first-order valence-electron chi connectivity index (χ1n) is 8.50. The maximum Gasteiger partial charge on any atom is 0.273 e. The zero-order valence-corrected chi connectivity index (χ0v) is 14.7. The van der Waals surface area contributed by atoms with Crippen molar-refractivity contribution in [3.05, 3.63) is 40.9 Å². The van der Waals surface area contributed by atoms with Crippen molar-refractivity contribution >= 4 is 17.2 Å². The van der Waals surface area contributed by atoms with E-state index in [1.54, 1.807) is 11.3 Å². The van der Waals surface area contributed by atoms with E-state index < -0.39 is 0 Å². The molecular formula is C19H24N2OS. The fraction of sp³-hybridized carbons (Fsp3) is 0.474. The SMILES string of the molecule is CC(C)c1ccc(-c2nc(C(=O)N3CCCCCC3)cs2)cc1. The minimum atomic E-state index is 0.0909. The number of rotatable bonds is 3. The minimum absolute atomic E-state index is 0.0909. The van der Waals surface area contributed by atoms with Gasteiger partial charge in [-0.1, -0.05) is 51.0 Å². The zero-order valence-electron chi connectivity index (χ0n) is 13.9. The maximum absolute atomic E-state index is 12.6. The van der Waals surface area contributed by atoms with Gasteiger partial charge in [0.15, 0.2) is 0 Å². The van der Waals surface area contributed by atoms with E-state index in [4.69, 9.17) is 0 Å². The van der Waals surface area contributed by atoms with Crippen LogP contribution in [0, 0.1) is 0 Å². The number of likely N-dealkylation sites (tertiary alicyclic amines) is 1. The molecule has 0 radical (unpaired) electrons. The summed E-state index contributed by atoms with van der Waals surface area (Å²) in [5.41, 5.74) is 3.01. The third kappa shape index (κ3) is 3.81. The molecule has 0 atom stereocenters. The number of hydrogen-bond acceptors (Lipinski definition) is 3. The van der Waals surface area contributed by atoms with E-state index in [1.165, 1.54) is 18.4 Å². The predicted molar refractivity (Wildman–Crippen MR) is 96.0 cm³/mol. The molecule has 1 aromatic heterocycles. The lowest BCUT2D eigenvalue weighted by Gasteiger charge is -2.18. The average molecular weight is 328 g/mol. The van der Waals surface area contributed by atoms with Gasteiger partial charge in [0.2, 0.25) is 0 Å². The molecule has 0 bridgehead atoms. The van der Waals surface area contributed by atoms with Crippen molar-refractivity contribution in [1.82, 2.24) is 9.88 Å². The number of thiazole rings is 1. The molecule has 2 aromatic rings. The van der Waals surface area contributed by atoms with Crippen LogP contribution < -0.4 is 0 Å². The van der Waals surface area contributed by atoms with Crippen LogP contribution in [-0.2, 0) is 0 Å². The summed E-state index contributed by atoms with van der Waals surface area (Å²) >= 11 is 1.56. The molecule has 4 heteroatoms. The van der Waals surface area contributed by atoms with E-state index in [0.29, 0.717) is 11.6 Å². The molecule has 122 valence electrons. The van der Waals surface area contributed by atoms with E-state index in [9.17, 15) is 4.79 Å². The maximum atomic E-state index is 12.6. The lowest BCUT2D eigenvalue weighted by molar-refractivity contribution is 0.0756. The normalized spacial score (nSPS) is 15.7.